The first kappa shape index (κ1) is 15.4. The maximum absolute atomic E-state index is 9.74. The Hall–Kier alpha value is -0.680. The van der Waals surface area contributed by atoms with Crippen molar-refractivity contribution in [1.29, 1.82) is 0 Å². The van der Waals surface area contributed by atoms with Gasteiger partial charge in [0, 0.05) is 6.21 Å². The first-order valence-electron chi connectivity index (χ1n) is 5.14. The van der Waals surface area contributed by atoms with Gasteiger partial charge in [0.25, 0.3) is 5.17 Å². The molecule has 6 N–H and O–H groups in total. The Bertz CT molecular complexity index is 326. The molecular formula is C9H15NO7S. The molecule has 0 aromatic heterocycles. The van der Waals surface area contributed by atoms with Crippen LogP contribution < -0.4 is 0 Å². The molecule has 0 bridgehead atoms. The maximum Gasteiger partial charge on any atom is 0.283 e. The summed E-state index contributed by atoms with van der Waals surface area (Å²) in [7, 11) is 0. The smallest absolute Gasteiger partial charge is 0.283 e. The summed E-state index contributed by atoms with van der Waals surface area (Å²) in [6.45, 7) is -0.793. The van der Waals surface area contributed by atoms with Crippen molar-refractivity contribution in [3.8, 4) is 0 Å². The van der Waals surface area contributed by atoms with Crippen molar-refractivity contribution < 1.29 is 35.4 Å². The van der Waals surface area contributed by atoms with Gasteiger partial charge in [0.2, 0.25) is 0 Å². The molecule has 0 aromatic rings. The lowest BCUT2D eigenvalue weighted by Gasteiger charge is -2.33. The third kappa shape index (κ3) is 3.42. The lowest BCUT2D eigenvalue weighted by Crippen LogP contribution is -2.55. The van der Waals surface area contributed by atoms with Crippen LogP contribution in [0.1, 0.15) is 0 Å². The molecular weight excluding hydrogens is 266 g/mol. The van der Waals surface area contributed by atoms with Crippen molar-refractivity contribution >= 4 is 23.6 Å². The summed E-state index contributed by atoms with van der Waals surface area (Å²) in [5.41, 5.74) is 0. The average Bonchev–Trinajstić information content (AvgIpc) is 2.38. The fraction of sp³-hybridized carbons (Fsp3) is 0.778. The van der Waals surface area contributed by atoms with Crippen LogP contribution in [0.15, 0.2) is 4.99 Å². The number of aliphatic hydroxyl groups is 6. The molecule has 6 atom stereocenters. The number of thiocarbonyl (C=S) groups is 1. The zero-order valence-corrected chi connectivity index (χ0v) is 10.0. The summed E-state index contributed by atoms with van der Waals surface area (Å²) in [5.74, 6) is 0. The van der Waals surface area contributed by atoms with Gasteiger partial charge in [0.1, 0.15) is 30.5 Å². The number of hydrogen-bond acceptors (Lipinski definition) is 8. The van der Waals surface area contributed by atoms with Crippen LogP contribution in [0.4, 0.5) is 0 Å². The monoisotopic (exact) mass is 281 g/mol. The van der Waals surface area contributed by atoms with Gasteiger partial charge in [0.15, 0.2) is 6.10 Å². The molecule has 1 aliphatic heterocycles. The van der Waals surface area contributed by atoms with Crippen LogP contribution in [0, 0.1) is 0 Å². The molecule has 0 saturated carbocycles. The van der Waals surface area contributed by atoms with E-state index < -0.39 is 43.2 Å². The van der Waals surface area contributed by atoms with Gasteiger partial charge in [-0.15, -0.1) is 0 Å². The van der Waals surface area contributed by atoms with E-state index >= 15 is 0 Å². The molecule has 104 valence electrons. The normalized spacial score (nSPS) is 30.4. The van der Waals surface area contributed by atoms with Crippen LogP contribution in [-0.2, 0) is 4.74 Å². The van der Waals surface area contributed by atoms with Gasteiger partial charge in [-0.25, -0.2) is 4.99 Å². The molecule has 1 heterocycles. The van der Waals surface area contributed by atoms with E-state index in [2.05, 4.69) is 17.2 Å². The number of aliphatic imine (C=N–C) groups is 1. The highest BCUT2D eigenvalue weighted by Gasteiger charge is 2.40. The highest BCUT2D eigenvalue weighted by Crippen LogP contribution is 2.16. The van der Waals surface area contributed by atoms with E-state index in [9.17, 15) is 20.4 Å². The Morgan fingerprint density at radius 2 is 1.89 bits per heavy atom. The first-order valence-corrected chi connectivity index (χ1v) is 5.55. The van der Waals surface area contributed by atoms with Gasteiger partial charge in [-0.1, -0.05) is 0 Å². The summed E-state index contributed by atoms with van der Waals surface area (Å²) in [6, 6.07) is 0. The zero-order chi connectivity index (χ0) is 13.9. The van der Waals surface area contributed by atoms with Crippen molar-refractivity contribution in [2.45, 2.75) is 36.6 Å². The van der Waals surface area contributed by atoms with Gasteiger partial charge in [-0.05, 0) is 12.2 Å². The fourth-order valence-corrected chi connectivity index (χ4v) is 1.61. The number of ether oxygens (including phenoxy) is 1. The molecule has 1 aliphatic rings. The standard InChI is InChI=1S/C9H15NO7S/c11-2-4(13)5(14)6(15)7(16)8-3(12)1-10-9(18)17-8/h1,3-8,11-16H,2H2/t3?,4-,5+,6-,7?,8?/m1/s1. The van der Waals surface area contributed by atoms with Crippen molar-refractivity contribution in [2.75, 3.05) is 6.61 Å². The average molecular weight is 281 g/mol. The predicted octanol–water partition coefficient (Wildman–Crippen LogP) is -3.46. The maximum atomic E-state index is 9.74. The largest absolute Gasteiger partial charge is 0.460 e. The predicted molar refractivity (Wildman–Crippen MR) is 63.1 cm³/mol. The third-order valence-corrected chi connectivity index (χ3v) is 2.73. The lowest BCUT2D eigenvalue weighted by molar-refractivity contribution is -0.148. The van der Waals surface area contributed by atoms with E-state index in [1.54, 1.807) is 0 Å². The van der Waals surface area contributed by atoms with Gasteiger partial charge in [-0.2, -0.15) is 0 Å². The second-order valence-electron chi connectivity index (χ2n) is 3.84. The lowest BCUT2D eigenvalue weighted by atomic mass is 9.96. The highest BCUT2D eigenvalue weighted by atomic mass is 32.1. The Morgan fingerprint density at radius 1 is 1.28 bits per heavy atom. The molecule has 9 heteroatoms. The molecule has 0 radical (unpaired) electrons. The third-order valence-electron chi connectivity index (χ3n) is 2.52. The SMILES string of the molecule is OC[C@@H](O)[C@H](O)[C@@H](O)C(O)C1OC(=S)N=CC1O. The van der Waals surface area contributed by atoms with Gasteiger partial charge < -0.3 is 35.4 Å². The first-order chi connectivity index (χ1) is 8.38. The van der Waals surface area contributed by atoms with Gasteiger partial charge in [-0.3, -0.25) is 0 Å². The van der Waals surface area contributed by atoms with Crippen LogP contribution in [0.25, 0.3) is 0 Å². The second-order valence-corrected chi connectivity index (χ2v) is 4.19. The molecule has 0 amide bonds. The second kappa shape index (κ2) is 6.48. The topological polar surface area (TPSA) is 143 Å². The van der Waals surface area contributed by atoms with E-state index in [0.29, 0.717) is 0 Å². The van der Waals surface area contributed by atoms with Crippen molar-refractivity contribution in [3.63, 3.8) is 0 Å². The van der Waals surface area contributed by atoms with E-state index in [1.807, 2.05) is 0 Å². The van der Waals surface area contributed by atoms with Crippen molar-refractivity contribution in [3.05, 3.63) is 0 Å². The summed E-state index contributed by atoms with van der Waals surface area (Å²) in [6.07, 6.45) is -8.59. The van der Waals surface area contributed by atoms with Crippen molar-refractivity contribution in [2.24, 2.45) is 4.99 Å². The van der Waals surface area contributed by atoms with Crippen LogP contribution in [0.3, 0.4) is 0 Å². The van der Waals surface area contributed by atoms with Crippen LogP contribution >= 0.6 is 12.2 Å². The molecule has 0 saturated heterocycles. The molecule has 0 spiro atoms. The van der Waals surface area contributed by atoms with Crippen LogP contribution in [0.5, 0.6) is 0 Å². The molecule has 0 fully saturated rings. The minimum atomic E-state index is -1.83. The molecule has 0 aromatic carbocycles. The van der Waals surface area contributed by atoms with Crippen LogP contribution in [-0.4, -0.2) is 85.3 Å². The van der Waals surface area contributed by atoms with Crippen molar-refractivity contribution in [1.82, 2.24) is 0 Å². The summed E-state index contributed by atoms with van der Waals surface area (Å²) in [4.78, 5) is 3.49. The van der Waals surface area contributed by atoms with Crippen LogP contribution in [0.2, 0.25) is 0 Å². The van der Waals surface area contributed by atoms with Gasteiger partial charge >= 0.3 is 0 Å². The molecule has 3 unspecified atom stereocenters. The quantitative estimate of drug-likeness (QED) is 0.285. The number of aliphatic hydroxyl groups excluding tert-OH is 6. The van der Waals surface area contributed by atoms with Gasteiger partial charge in [0.05, 0.1) is 6.61 Å². The highest BCUT2D eigenvalue weighted by molar-refractivity contribution is 7.80. The minimum Gasteiger partial charge on any atom is -0.460 e. The summed E-state index contributed by atoms with van der Waals surface area (Å²) < 4.78 is 4.86. The number of rotatable bonds is 5. The molecule has 1 rings (SSSR count). The minimum absolute atomic E-state index is 0.228. The van der Waals surface area contributed by atoms with E-state index in [0.717, 1.165) is 6.21 Å². The fourth-order valence-electron chi connectivity index (χ4n) is 1.44. The number of nitrogens with zero attached hydrogens (tertiary/aromatic N) is 1. The Labute approximate surface area is 108 Å². The molecule has 0 aliphatic carbocycles. The Kier molecular flexibility index (Phi) is 5.53. The molecule has 18 heavy (non-hydrogen) atoms. The summed E-state index contributed by atoms with van der Waals surface area (Å²) >= 11 is 4.61. The Balaban J connectivity index is 2.71. The number of hydrogen-bond donors (Lipinski definition) is 6. The Morgan fingerprint density at radius 3 is 2.44 bits per heavy atom. The zero-order valence-electron chi connectivity index (χ0n) is 9.20. The summed E-state index contributed by atoms with van der Waals surface area (Å²) in [5, 5.41) is 55.8. The van der Waals surface area contributed by atoms with E-state index in [4.69, 9.17) is 14.9 Å². The van der Waals surface area contributed by atoms with E-state index in [1.165, 1.54) is 0 Å². The van der Waals surface area contributed by atoms with E-state index in [-0.39, 0.29) is 5.17 Å². The molecule has 8 nitrogen and oxygen atoms in total.